The first-order valence-corrected chi connectivity index (χ1v) is 11.0. The number of nitrogens with one attached hydrogen (secondary N) is 2. The van der Waals surface area contributed by atoms with Crippen molar-refractivity contribution in [3.8, 4) is 5.75 Å². The fraction of sp³-hybridized carbons (Fsp3) is 0.273. The number of nitrogens with zero attached hydrogens (tertiary/aromatic N) is 3. The molecule has 0 bridgehead atoms. The molecule has 1 aliphatic rings. The third kappa shape index (κ3) is 4.92. The smallest absolute Gasteiger partial charge is 0.322 e. The summed E-state index contributed by atoms with van der Waals surface area (Å²) < 4.78 is 31.8. The zero-order valence-corrected chi connectivity index (χ0v) is 18.7. The lowest BCUT2D eigenvalue weighted by atomic mass is 10.2. The zero-order chi connectivity index (χ0) is 23.5. The lowest BCUT2D eigenvalue weighted by molar-refractivity contribution is 0.102. The summed E-state index contributed by atoms with van der Waals surface area (Å²) in [5, 5.41) is 14.0. The van der Waals surface area contributed by atoms with Gasteiger partial charge in [0.15, 0.2) is 11.6 Å². The van der Waals surface area contributed by atoms with Gasteiger partial charge in [0.25, 0.3) is 5.91 Å². The summed E-state index contributed by atoms with van der Waals surface area (Å²) in [6.07, 6.45) is 1.46. The quantitative estimate of drug-likeness (QED) is 0.557. The first kappa shape index (κ1) is 22.6. The molecule has 0 unspecified atom stereocenters. The number of aryl methyl sites for hydroxylation is 1. The number of halogens is 2. The van der Waals surface area contributed by atoms with E-state index in [-0.39, 0.29) is 22.8 Å². The molecule has 0 saturated carbocycles. The molecule has 8 nitrogen and oxygen atoms in total. The minimum Gasteiger partial charge on any atom is -0.495 e. The second-order valence-electron chi connectivity index (χ2n) is 7.51. The first-order chi connectivity index (χ1) is 15.9. The Hall–Kier alpha value is -3.60. The number of ether oxygens (including phenoxy) is 1. The van der Waals surface area contributed by atoms with Crippen molar-refractivity contribution in [1.82, 2.24) is 15.1 Å². The van der Waals surface area contributed by atoms with Crippen molar-refractivity contribution in [1.29, 1.82) is 0 Å². The normalized spacial score (nSPS) is 15.4. The Bertz CT molecular complexity index is 1200. The monoisotopic (exact) mass is 473 g/mol. The van der Waals surface area contributed by atoms with Crippen LogP contribution in [0.2, 0.25) is 0 Å². The summed E-state index contributed by atoms with van der Waals surface area (Å²) in [6.45, 7) is 2.45. The van der Waals surface area contributed by atoms with Crippen molar-refractivity contribution in [3.05, 3.63) is 63.6 Å². The molecular weight excluding hydrogens is 452 g/mol. The van der Waals surface area contributed by atoms with Crippen molar-refractivity contribution in [3.63, 3.8) is 0 Å². The summed E-state index contributed by atoms with van der Waals surface area (Å²) in [6, 6.07) is 7.93. The molecule has 1 aromatic heterocycles. The van der Waals surface area contributed by atoms with E-state index >= 15 is 0 Å². The second kappa shape index (κ2) is 9.49. The summed E-state index contributed by atoms with van der Waals surface area (Å²) in [5.74, 6) is -2.11. The van der Waals surface area contributed by atoms with Gasteiger partial charge in [-0.3, -0.25) is 4.79 Å². The van der Waals surface area contributed by atoms with Crippen LogP contribution in [0.25, 0.3) is 0 Å². The van der Waals surface area contributed by atoms with Crippen molar-refractivity contribution >= 4 is 34.6 Å². The topological polar surface area (TPSA) is 96.4 Å². The molecule has 2 aromatic carbocycles. The molecule has 1 saturated heterocycles. The zero-order valence-electron chi connectivity index (χ0n) is 17.9. The number of amides is 3. The van der Waals surface area contributed by atoms with Crippen LogP contribution in [0.5, 0.6) is 5.75 Å². The molecule has 2 heterocycles. The number of carbonyl (C=O) groups excluding carboxylic acids is 2. The maximum Gasteiger partial charge on any atom is 0.322 e. The molecule has 0 spiro atoms. The van der Waals surface area contributed by atoms with Gasteiger partial charge in [0.1, 0.15) is 10.8 Å². The van der Waals surface area contributed by atoms with Gasteiger partial charge in [-0.05, 0) is 49.6 Å². The number of carbonyl (C=O) groups is 2. The summed E-state index contributed by atoms with van der Waals surface area (Å²) >= 11 is 1.05. The van der Waals surface area contributed by atoms with Gasteiger partial charge < -0.3 is 20.3 Å². The number of likely N-dealkylation sites (tertiary alicyclic amines) is 1. The van der Waals surface area contributed by atoms with Crippen LogP contribution >= 0.6 is 11.3 Å². The Labute approximate surface area is 192 Å². The Morgan fingerprint density at radius 1 is 1.12 bits per heavy atom. The highest BCUT2D eigenvalue weighted by atomic mass is 32.1. The SMILES string of the molecule is COc1ccc(C)cc1NC(=O)N1CCC[C@@H]1c1nnc(C(=O)Nc2ccc(F)c(F)c2)s1. The van der Waals surface area contributed by atoms with Crippen molar-refractivity contribution in [2.75, 3.05) is 24.3 Å². The van der Waals surface area contributed by atoms with E-state index in [1.165, 1.54) is 13.2 Å². The lowest BCUT2D eigenvalue weighted by Crippen LogP contribution is -2.34. The third-order valence-corrected chi connectivity index (χ3v) is 6.23. The molecule has 1 atom stereocenters. The fourth-order valence-corrected chi connectivity index (χ4v) is 4.48. The predicted octanol–water partition coefficient (Wildman–Crippen LogP) is 4.75. The van der Waals surface area contributed by atoms with Gasteiger partial charge in [-0.15, -0.1) is 10.2 Å². The van der Waals surface area contributed by atoms with Crippen LogP contribution in [0.3, 0.4) is 0 Å². The Kier molecular flexibility index (Phi) is 6.50. The minimum absolute atomic E-state index is 0.0577. The highest BCUT2D eigenvalue weighted by molar-refractivity contribution is 7.13. The molecule has 3 amide bonds. The van der Waals surface area contributed by atoms with Crippen molar-refractivity contribution < 1.29 is 23.1 Å². The van der Waals surface area contributed by atoms with Gasteiger partial charge >= 0.3 is 6.03 Å². The lowest BCUT2D eigenvalue weighted by Gasteiger charge is -2.23. The molecule has 2 N–H and O–H groups in total. The number of benzene rings is 2. The highest BCUT2D eigenvalue weighted by Crippen LogP contribution is 2.35. The van der Waals surface area contributed by atoms with E-state index in [0.717, 1.165) is 35.5 Å². The van der Waals surface area contributed by atoms with Crippen LogP contribution < -0.4 is 15.4 Å². The second-order valence-corrected chi connectivity index (χ2v) is 8.52. The Morgan fingerprint density at radius 2 is 1.94 bits per heavy atom. The van der Waals surface area contributed by atoms with E-state index in [2.05, 4.69) is 20.8 Å². The molecule has 3 aromatic rings. The van der Waals surface area contributed by atoms with E-state index in [4.69, 9.17) is 4.74 Å². The highest BCUT2D eigenvalue weighted by Gasteiger charge is 2.33. The molecule has 4 rings (SSSR count). The standard InChI is InChI=1S/C22H21F2N5O3S/c1-12-5-8-18(32-2)16(10-12)26-22(31)29-9-3-4-17(29)20-27-28-21(33-20)19(30)25-13-6-7-14(23)15(24)11-13/h5-8,10-11,17H,3-4,9H2,1-2H3,(H,25,30)(H,26,31)/t17-/m1/s1. The molecule has 33 heavy (non-hydrogen) atoms. The van der Waals surface area contributed by atoms with Gasteiger partial charge in [-0.1, -0.05) is 17.4 Å². The van der Waals surface area contributed by atoms with Crippen LogP contribution in [0, 0.1) is 18.6 Å². The van der Waals surface area contributed by atoms with Gasteiger partial charge in [-0.2, -0.15) is 0 Å². The van der Waals surface area contributed by atoms with Gasteiger partial charge in [0.05, 0.1) is 18.8 Å². The third-order valence-electron chi connectivity index (χ3n) is 5.21. The maximum atomic E-state index is 13.4. The van der Waals surface area contributed by atoms with Crippen LogP contribution in [-0.4, -0.2) is 40.7 Å². The number of anilines is 2. The molecule has 0 aliphatic carbocycles. The molecule has 0 radical (unpaired) electrons. The average Bonchev–Trinajstić information content (AvgIpc) is 3.46. The van der Waals surface area contributed by atoms with E-state index in [0.29, 0.717) is 29.4 Å². The van der Waals surface area contributed by atoms with Crippen LogP contribution in [0.15, 0.2) is 36.4 Å². The number of methoxy groups -OCH3 is 1. The van der Waals surface area contributed by atoms with E-state index in [9.17, 15) is 18.4 Å². The number of urea groups is 1. The summed E-state index contributed by atoms with van der Waals surface area (Å²) in [4.78, 5) is 27.1. The average molecular weight is 474 g/mol. The van der Waals surface area contributed by atoms with Crippen LogP contribution in [-0.2, 0) is 0 Å². The summed E-state index contributed by atoms with van der Waals surface area (Å²) in [7, 11) is 1.53. The van der Waals surface area contributed by atoms with Gasteiger partial charge in [-0.25, -0.2) is 13.6 Å². The fourth-order valence-electron chi connectivity index (χ4n) is 3.59. The minimum atomic E-state index is -1.07. The summed E-state index contributed by atoms with van der Waals surface area (Å²) in [5.41, 5.74) is 1.64. The number of hydrogen-bond acceptors (Lipinski definition) is 6. The van der Waals surface area contributed by atoms with Crippen LogP contribution in [0.4, 0.5) is 25.0 Å². The van der Waals surface area contributed by atoms with Crippen LogP contribution in [0.1, 0.15) is 39.3 Å². The van der Waals surface area contributed by atoms with Crippen molar-refractivity contribution in [2.45, 2.75) is 25.8 Å². The first-order valence-electron chi connectivity index (χ1n) is 10.2. The largest absolute Gasteiger partial charge is 0.495 e. The van der Waals surface area contributed by atoms with E-state index in [1.54, 1.807) is 11.0 Å². The maximum absolute atomic E-state index is 13.4. The molecule has 172 valence electrons. The predicted molar refractivity (Wildman–Crippen MR) is 120 cm³/mol. The Morgan fingerprint density at radius 3 is 2.70 bits per heavy atom. The molecule has 11 heteroatoms. The Balaban J connectivity index is 1.47. The van der Waals surface area contributed by atoms with E-state index < -0.39 is 17.5 Å². The van der Waals surface area contributed by atoms with Gasteiger partial charge in [0.2, 0.25) is 5.01 Å². The van der Waals surface area contributed by atoms with Gasteiger partial charge in [0, 0.05) is 18.3 Å². The van der Waals surface area contributed by atoms with Crippen molar-refractivity contribution in [2.24, 2.45) is 0 Å². The number of aromatic nitrogens is 2. The number of rotatable bonds is 5. The molecule has 1 aliphatic heterocycles. The molecular formula is C22H21F2N5O3S. The van der Waals surface area contributed by atoms with E-state index in [1.807, 2.05) is 19.1 Å². The number of hydrogen-bond donors (Lipinski definition) is 2. The molecule has 1 fully saturated rings.